The van der Waals surface area contributed by atoms with E-state index < -0.39 is 11.9 Å². The Labute approximate surface area is 398 Å². The van der Waals surface area contributed by atoms with Crippen LogP contribution in [0.3, 0.4) is 0 Å². The summed E-state index contributed by atoms with van der Waals surface area (Å²) >= 11 is 18.0. The maximum absolute atomic E-state index is 9.02. The molecule has 0 spiro atoms. The number of halogens is 2. The zero-order valence-corrected chi connectivity index (χ0v) is 41.3. The number of benzene rings is 8. The van der Waals surface area contributed by atoms with Crippen LogP contribution in [0.4, 0.5) is 0 Å². The molecular formula is C61H62Cl2P2. The van der Waals surface area contributed by atoms with Crippen molar-refractivity contribution >= 4 is 76.8 Å². The second-order valence-corrected chi connectivity index (χ2v) is 30.4. The Kier molecular flexibility index (Phi) is 13.1. The van der Waals surface area contributed by atoms with Crippen LogP contribution in [-0.4, -0.2) is 0 Å². The second kappa shape index (κ2) is 18.8. The van der Waals surface area contributed by atoms with Gasteiger partial charge in [-0.15, -0.1) is 0 Å². The predicted molar refractivity (Wildman–Crippen MR) is 291 cm³/mol. The van der Waals surface area contributed by atoms with Gasteiger partial charge in [-0.25, -0.2) is 0 Å². The summed E-state index contributed by atoms with van der Waals surface area (Å²) in [6.07, 6.45) is 11.7. The first kappa shape index (κ1) is 45.4. The van der Waals surface area contributed by atoms with Crippen LogP contribution < -0.4 is 42.4 Å². The molecule has 0 saturated heterocycles. The zero-order chi connectivity index (χ0) is 44.8. The summed E-state index contributed by atoms with van der Waals surface area (Å²) in [7, 11) is 0. The molecule has 0 bridgehead atoms. The normalized spacial score (nSPS) is 14.3. The van der Waals surface area contributed by atoms with Crippen LogP contribution in [0, 0.1) is 0 Å². The van der Waals surface area contributed by atoms with E-state index in [4.69, 9.17) is 22.5 Å². The molecule has 8 aromatic rings. The van der Waals surface area contributed by atoms with E-state index in [1.807, 2.05) is 0 Å². The van der Waals surface area contributed by atoms with Crippen molar-refractivity contribution in [2.75, 3.05) is 0 Å². The average Bonchev–Trinajstić information content (AvgIpc) is 3.65. The molecule has 0 heterocycles. The van der Waals surface area contributed by atoms with Crippen LogP contribution in [0.15, 0.2) is 218 Å². The number of hydrogen-bond acceptors (Lipinski definition) is 0. The Bertz CT molecular complexity index is 2430. The molecule has 0 nitrogen and oxygen atoms in total. The summed E-state index contributed by atoms with van der Waals surface area (Å²) in [4.78, 5) is 0. The summed E-state index contributed by atoms with van der Waals surface area (Å²) in [6.45, 7) is 4.64. The molecule has 9 rings (SSSR count). The van der Waals surface area contributed by atoms with Gasteiger partial charge in [0.15, 0.2) is 0 Å². The van der Waals surface area contributed by atoms with E-state index in [1.54, 1.807) is 0 Å². The molecule has 4 heteroatoms. The van der Waals surface area contributed by atoms with Gasteiger partial charge in [-0.1, -0.05) is 0 Å². The monoisotopic (exact) mass is 926 g/mol. The Morgan fingerprint density at radius 1 is 0.308 bits per heavy atom. The van der Waals surface area contributed by atoms with E-state index in [-0.39, 0.29) is 5.41 Å². The molecule has 65 heavy (non-hydrogen) atoms. The molecule has 1 aliphatic carbocycles. The summed E-state index contributed by atoms with van der Waals surface area (Å²) in [6, 6.07) is 80.6. The molecule has 0 unspecified atom stereocenters. The number of rotatable bonds is 18. The van der Waals surface area contributed by atoms with Gasteiger partial charge in [0.1, 0.15) is 0 Å². The Morgan fingerprint density at radius 2 is 0.569 bits per heavy atom. The SMILES string of the molecule is CCCCCCC1(CCCCCC)c2cc(P(Cl)(c3ccccc3)(c3ccccc3)c3ccccc3)ccc2-c2ccc(P(Cl)(c3ccccc3)(c3ccccc3)c3ccccc3)cc21. The summed E-state index contributed by atoms with van der Waals surface area (Å²) in [5, 5.41) is 9.29. The third-order valence-corrected chi connectivity index (χ3v) is 29.4. The molecule has 0 amide bonds. The van der Waals surface area contributed by atoms with Crippen molar-refractivity contribution < 1.29 is 0 Å². The Balaban J connectivity index is 1.38. The molecule has 0 fully saturated rings. The van der Waals surface area contributed by atoms with Crippen LogP contribution in [0.25, 0.3) is 11.1 Å². The molecule has 0 saturated carbocycles. The van der Waals surface area contributed by atoms with Crippen LogP contribution in [0.2, 0.25) is 0 Å². The fourth-order valence-electron chi connectivity index (χ4n) is 11.4. The van der Waals surface area contributed by atoms with Crippen LogP contribution in [-0.2, 0) is 5.41 Å². The third kappa shape index (κ3) is 7.27. The van der Waals surface area contributed by atoms with Gasteiger partial charge in [0, 0.05) is 0 Å². The zero-order valence-electron chi connectivity index (χ0n) is 38.0. The van der Waals surface area contributed by atoms with Crippen molar-refractivity contribution in [3.05, 3.63) is 230 Å². The molecule has 0 aromatic heterocycles. The van der Waals surface area contributed by atoms with Crippen molar-refractivity contribution in [1.29, 1.82) is 0 Å². The molecule has 0 aliphatic heterocycles. The Morgan fingerprint density at radius 3 is 0.815 bits per heavy atom. The van der Waals surface area contributed by atoms with E-state index >= 15 is 0 Å². The standard InChI is InChI=1S/C61H62Cl2P2/c1-3-5-7-27-45-61(46-28-8-6-4-2)59-47-55(64(62,49-29-15-9-16-30-49,50-31-17-10-18-32-50)51-33-19-11-20-34-51)41-43-57(59)58-44-42-56(48-60(58)61)65(63,52-35-21-12-22-36-52,53-37-23-13-24-38-53)54-39-25-14-26-40-54/h9-26,29-44,47-48H,3-8,27-28,45-46H2,1-2H3. The van der Waals surface area contributed by atoms with Gasteiger partial charge in [-0.05, 0) is 0 Å². The van der Waals surface area contributed by atoms with Gasteiger partial charge in [-0.3, -0.25) is 0 Å². The number of hydrogen-bond donors (Lipinski definition) is 0. The van der Waals surface area contributed by atoms with Crippen LogP contribution >= 0.6 is 34.4 Å². The summed E-state index contributed by atoms with van der Waals surface area (Å²) < 4.78 is 0. The van der Waals surface area contributed by atoms with Gasteiger partial charge in [0.05, 0.1) is 0 Å². The van der Waals surface area contributed by atoms with Crippen LogP contribution in [0.5, 0.6) is 0 Å². The van der Waals surface area contributed by atoms with Crippen molar-refractivity contribution in [1.82, 2.24) is 0 Å². The molecule has 330 valence electrons. The molecule has 8 aromatic carbocycles. The number of fused-ring (bicyclic) bond motifs is 3. The predicted octanol–water partition coefficient (Wildman–Crippen LogP) is 14.5. The first-order valence-corrected chi connectivity index (χ1v) is 30.2. The second-order valence-electron chi connectivity index (χ2n) is 18.2. The molecule has 1 aliphatic rings. The van der Waals surface area contributed by atoms with E-state index in [1.165, 1.54) is 71.4 Å². The molecule has 0 radical (unpaired) electrons. The maximum atomic E-state index is 9.02. The van der Waals surface area contributed by atoms with Gasteiger partial charge >= 0.3 is 401 Å². The third-order valence-electron chi connectivity index (χ3n) is 14.7. The van der Waals surface area contributed by atoms with Crippen LogP contribution in [0.1, 0.15) is 89.2 Å². The summed E-state index contributed by atoms with van der Waals surface area (Å²) in [5.41, 5.74) is 5.23. The number of unbranched alkanes of at least 4 members (excludes halogenated alkanes) is 6. The molecule has 0 atom stereocenters. The fraction of sp³-hybridized carbons (Fsp3) is 0.213. The molecular weight excluding hydrogens is 866 g/mol. The van der Waals surface area contributed by atoms with Crippen molar-refractivity contribution in [2.45, 2.75) is 83.5 Å². The van der Waals surface area contributed by atoms with Gasteiger partial charge in [-0.2, -0.15) is 0 Å². The quantitative estimate of drug-likeness (QED) is 0.0594. The van der Waals surface area contributed by atoms with Crippen molar-refractivity contribution in [3.8, 4) is 11.1 Å². The topological polar surface area (TPSA) is 0 Å². The van der Waals surface area contributed by atoms with Gasteiger partial charge < -0.3 is 0 Å². The summed E-state index contributed by atoms with van der Waals surface area (Å²) in [5.74, 6) is -7.73. The fourth-order valence-corrected chi connectivity index (χ4v) is 23.5. The minimum atomic E-state index is -3.87. The van der Waals surface area contributed by atoms with E-state index in [0.717, 1.165) is 57.5 Å². The van der Waals surface area contributed by atoms with Crippen molar-refractivity contribution in [2.24, 2.45) is 0 Å². The van der Waals surface area contributed by atoms with Crippen molar-refractivity contribution in [3.63, 3.8) is 0 Å². The van der Waals surface area contributed by atoms with E-state index in [2.05, 4.69) is 232 Å². The van der Waals surface area contributed by atoms with Gasteiger partial charge in [0.2, 0.25) is 0 Å². The van der Waals surface area contributed by atoms with E-state index in [0.29, 0.717) is 0 Å². The van der Waals surface area contributed by atoms with E-state index in [9.17, 15) is 0 Å². The first-order valence-electron chi connectivity index (χ1n) is 23.9. The van der Waals surface area contributed by atoms with Gasteiger partial charge in [0.25, 0.3) is 0 Å². The Hall–Kier alpha value is -4.80. The minimum absolute atomic E-state index is 0.260. The first-order chi connectivity index (χ1) is 31.8. The molecule has 0 N–H and O–H groups in total. The average molecular weight is 928 g/mol.